The van der Waals surface area contributed by atoms with Crippen molar-refractivity contribution in [2.24, 2.45) is 5.92 Å². The van der Waals surface area contributed by atoms with Gasteiger partial charge in [0.05, 0.1) is 0 Å². The highest BCUT2D eigenvalue weighted by molar-refractivity contribution is 8.93. The summed E-state index contributed by atoms with van der Waals surface area (Å²) in [4.78, 5) is 23.2. The highest BCUT2D eigenvalue weighted by Gasteiger charge is 2.24. The molecule has 0 saturated heterocycles. The lowest BCUT2D eigenvalue weighted by Crippen LogP contribution is -1.98. The Morgan fingerprint density at radius 2 is 2.10 bits per heavy atom. The topological polar surface area (TPSA) is 110 Å². The van der Waals surface area contributed by atoms with Crippen LogP contribution in [-0.4, -0.2) is 14.8 Å². The third-order valence-electron chi connectivity index (χ3n) is 2.42. The van der Waals surface area contributed by atoms with Crippen LogP contribution in [0.15, 0.2) is 16.5 Å². The third kappa shape index (κ3) is 3.93. The van der Waals surface area contributed by atoms with Gasteiger partial charge < -0.3 is 19.9 Å². The quantitative estimate of drug-likeness (QED) is 0.700. The van der Waals surface area contributed by atoms with Gasteiger partial charge in [0.1, 0.15) is 5.69 Å². The number of anilines is 1. The molecule has 2 heterocycles. The molecule has 20 heavy (non-hydrogen) atoms. The average molecular weight is 383 g/mol. The first-order chi connectivity index (χ1) is 8.77. The molecule has 9 heteroatoms. The van der Waals surface area contributed by atoms with Crippen LogP contribution in [0.4, 0.5) is 5.13 Å². The number of aromatic nitrogens is 1. The van der Waals surface area contributed by atoms with Gasteiger partial charge in [0.15, 0.2) is 10.9 Å². The van der Waals surface area contributed by atoms with E-state index < -0.39 is 7.60 Å². The van der Waals surface area contributed by atoms with Crippen molar-refractivity contribution in [3.05, 3.63) is 17.0 Å². The van der Waals surface area contributed by atoms with E-state index in [-0.39, 0.29) is 22.5 Å². The summed E-state index contributed by atoms with van der Waals surface area (Å²) in [6.07, 6.45) is 0.788. The predicted octanol–water partition coefficient (Wildman–Crippen LogP) is 2.56. The van der Waals surface area contributed by atoms with E-state index in [1.165, 1.54) is 23.5 Å². The van der Waals surface area contributed by atoms with Crippen molar-refractivity contribution in [2.75, 3.05) is 5.73 Å². The van der Waals surface area contributed by atoms with Gasteiger partial charge >= 0.3 is 7.60 Å². The first-order valence-corrected chi connectivity index (χ1v) is 8.11. The Balaban J connectivity index is 0.00000200. The number of furan rings is 1. The van der Waals surface area contributed by atoms with Gasteiger partial charge in [-0.05, 0) is 24.5 Å². The summed E-state index contributed by atoms with van der Waals surface area (Å²) >= 11 is 1.37. The summed E-state index contributed by atoms with van der Waals surface area (Å²) in [6.45, 7) is 4.14. The van der Waals surface area contributed by atoms with E-state index in [4.69, 9.17) is 19.9 Å². The lowest BCUT2D eigenvalue weighted by molar-refractivity contribution is 0.377. The maximum absolute atomic E-state index is 11.1. The number of nitrogens with two attached hydrogens (primary N) is 1. The fourth-order valence-corrected chi connectivity index (χ4v) is 3.22. The van der Waals surface area contributed by atoms with E-state index in [1.54, 1.807) is 0 Å². The number of halogens is 1. The monoisotopic (exact) mass is 382 g/mol. The van der Waals surface area contributed by atoms with Gasteiger partial charge in [-0.25, -0.2) is 4.98 Å². The molecule has 6 nitrogen and oxygen atoms in total. The summed E-state index contributed by atoms with van der Waals surface area (Å²) in [7, 11) is -4.38. The fourth-order valence-electron chi connectivity index (χ4n) is 1.68. The Morgan fingerprint density at radius 3 is 2.60 bits per heavy atom. The number of nitrogen functional groups attached to an aromatic ring is 1. The summed E-state index contributed by atoms with van der Waals surface area (Å²) in [6, 6.07) is 2.78. The van der Waals surface area contributed by atoms with Crippen LogP contribution in [-0.2, 0) is 11.0 Å². The van der Waals surface area contributed by atoms with Crippen LogP contribution >= 0.6 is 35.9 Å². The highest BCUT2D eigenvalue weighted by Crippen LogP contribution is 2.37. The van der Waals surface area contributed by atoms with Gasteiger partial charge in [0.2, 0.25) is 5.50 Å². The van der Waals surface area contributed by atoms with E-state index >= 15 is 0 Å². The summed E-state index contributed by atoms with van der Waals surface area (Å²) in [5.74, 6) is 0.761. The number of nitrogens with zero attached hydrogens (tertiary/aromatic N) is 1. The minimum atomic E-state index is -4.38. The molecule has 2 aromatic rings. The molecular weight excluding hydrogens is 367 g/mol. The average Bonchev–Trinajstić information content (AvgIpc) is 2.82. The molecule has 0 unspecified atom stereocenters. The molecule has 4 N–H and O–H groups in total. The minimum Gasteiger partial charge on any atom is -0.446 e. The predicted molar refractivity (Wildman–Crippen MR) is 84.8 cm³/mol. The second-order valence-electron chi connectivity index (χ2n) is 4.60. The molecule has 0 atom stereocenters. The highest BCUT2D eigenvalue weighted by atomic mass is 79.9. The first-order valence-electron chi connectivity index (χ1n) is 5.69. The minimum absolute atomic E-state index is 0. The van der Waals surface area contributed by atoms with Gasteiger partial charge in [-0.2, -0.15) is 0 Å². The standard InChI is InChI=1S/C11H15N2O4PS.BrH/c1-6(2)5-8-10(13-11(12)19-8)7-3-4-9(17-7)18(14,15)16;/h3-4,6H,5H2,1-2H3,(H2,12,13)(H2,14,15,16);1H. The van der Waals surface area contributed by atoms with Crippen LogP contribution in [0, 0.1) is 5.92 Å². The van der Waals surface area contributed by atoms with Gasteiger partial charge in [-0.15, -0.1) is 28.3 Å². The normalized spacial score (nSPS) is 11.7. The van der Waals surface area contributed by atoms with Crippen molar-refractivity contribution in [1.29, 1.82) is 0 Å². The first kappa shape index (κ1) is 17.4. The molecule has 0 radical (unpaired) electrons. The molecule has 0 bridgehead atoms. The maximum atomic E-state index is 11.1. The van der Waals surface area contributed by atoms with Gasteiger partial charge in [0.25, 0.3) is 0 Å². The lowest BCUT2D eigenvalue weighted by Gasteiger charge is -2.03. The Hall–Kier alpha value is -0.660. The summed E-state index contributed by atoms with van der Waals surface area (Å²) in [5.41, 5.74) is 5.91. The molecule has 0 saturated carbocycles. The van der Waals surface area contributed by atoms with Gasteiger partial charge in [-0.3, -0.25) is 4.57 Å². The van der Waals surface area contributed by atoms with Crippen molar-refractivity contribution in [2.45, 2.75) is 20.3 Å². The molecule has 2 rings (SSSR count). The Labute approximate surface area is 131 Å². The molecule has 0 aliphatic rings. The smallest absolute Gasteiger partial charge is 0.391 e. The number of thiazole rings is 1. The SMILES string of the molecule is Br.CC(C)Cc1sc(N)nc1-c1ccc(P(=O)(O)O)o1. The molecule has 0 aromatic carbocycles. The van der Waals surface area contributed by atoms with Gasteiger partial charge in [-0.1, -0.05) is 13.8 Å². The van der Waals surface area contributed by atoms with Crippen LogP contribution in [0.5, 0.6) is 0 Å². The van der Waals surface area contributed by atoms with Crippen molar-refractivity contribution in [3.8, 4) is 11.5 Å². The Bertz CT molecular complexity index is 634. The van der Waals surface area contributed by atoms with Crippen molar-refractivity contribution in [1.82, 2.24) is 4.98 Å². The Kier molecular flexibility index (Phi) is 5.57. The lowest BCUT2D eigenvalue weighted by atomic mass is 10.1. The molecular formula is C11H16BrN2O4PS. The number of rotatable bonds is 4. The largest absolute Gasteiger partial charge is 0.446 e. The zero-order valence-electron chi connectivity index (χ0n) is 10.9. The summed E-state index contributed by atoms with van der Waals surface area (Å²) in [5, 5.41) is 0.416. The maximum Gasteiger partial charge on any atom is 0.391 e. The van der Waals surface area contributed by atoms with Crippen molar-refractivity contribution in [3.63, 3.8) is 0 Å². The van der Waals surface area contributed by atoms with Crippen LogP contribution in [0.3, 0.4) is 0 Å². The van der Waals surface area contributed by atoms with Crippen LogP contribution in [0.1, 0.15) is 18.7 Å². The molecule has 0 aliphatic carbocycles. The molecule has 2 aromatic heterocycles. The van der Waals surface area contributed by atoms with E-state index in [0.717, 1.165) is 11.3 Å². The van der Waals surface area contributed by atoms with E-state index in [1.807, 2.05) is 0 Å². The Morgan fingerprint density at radius 1 is 1.45 bits per heavy atom. The van der Waals surface area contributed by atoms with Crippen LogP contribution < -0.4 is 11.2 Å². The summed E-state index contributed by atoms with van der Waals surface area (Å²) < 4.78 is 16.3. The van der Waals surface area contributed by atoms with Crippen LogP contribution in [0.2, 0.25) is 0 Å². The zero-order chi connectivity index (χ0) is 14.2. The van der Waals surface area contributed by atoms with E-state index in [0.29, 0.717) is 22.5 Å². The van der Waals surface area contributed by atoms with Crippen molar-refractivity contribution >= 4 is 46.5 Å². The molecule has 0 amide bonds. The molecule has 112 valence electrons. The third-order valence-corrected chi connectivity index (χ3v) is 4.14. The number of hydrogen-bond acceptors (Lipinski definition) is 5. The zero-order valence-corrected chi connectivity index (χ0v) is 14.4. The number of hydrogen-bond donors (Lipinski definition) is 3. The van der Waals surface area contributed by atoms with Crippen molar-refractivity contribution < 1.29 is 18.8 Å². The van der Waals surface area contributed by atoms with Crippen LogP contribution in [0.25, 0.3) is 11.5 Å². The van der Waals surface area contributed by atoms with E-state index in [2.05, 4.69) is 18.8 Å². The molecule has 0 spiro atoms. The second kappa shape index (κ2) is 6.41. The fraction of sp³-hybridized carbons (Fsp3) is 0.364. The molecule has 0 aliphatic heterocycles. The molecule has 0 fully saturated rings. The van der Waals surface area contributed by atoms with Gasteiger partial charge in [0, 0.05) is 4.88 Å². The van der Waals surface area contributed by atoms with E-state index in [9.17, 15) is 4.57 Å². The second-order valence-corrected chi connectivity index (χ2v) is 7.25.